The van der Waals surface area contributed by atoms with Crippen molar-refractivity contribution in [2.24, 2.45) is 7.05 Å². The molecule has 180 valence electrons. The number of carbonyl (C=O) groups is 1. The van der Waals surface area contributed by atoms with Gasteiger partial charge in [-0.1, -0.05) is 29.8 Å². The maximum Gasteiger partial charge on any atom is 0.351 e. The predicted octanol–water partition coefficient (Wildman–Crippen LogP) is 0.130. The fourth-order valence-corrected chi connectivity index (χ4v) is 3.60. The summed E-state index contributed by atoms with van der Waals surface area (Å²) >= 11 is 0. The SMILES string of the molecule is CC[C@H](CN1CCOCC1)NC(=O)c1nc(-c2nn(-c3ccc(C)cc3)c(=O)n(C)c2=O)no1. The molecule has 1 N–H and O–H groups in total. The maximum absolute atomic E-state index is 12.7. The van der Waals surface area contributed by atoms with Gasteiger partial charge in [0, 0.05) is 32.7 Å². The molecule has 0 aliphatic carbocycles. The molecule has 2 aromatic heterocycles. The first-order valence-electron chi connectivity index (χ1n) is 11.1. The van der Waals surface area contributed by atoms with E-state index in [0.717, 1.165) is 27.9 Å². The highest BCUT2D eigenvalue weighted by atomic mass is 16.5. The summed E-state index contributed by atoms with van der Waals surface area (Å²) in [4.78, 5) is 44.3. The van der Waals surface area contributed by atoms with Crippen molar-refractivity contribution < 1.29 is 14.1 Å². The Morgan fingerprint density at radius 3 is 2.56 bits per heavy atom. The number of carbonyl (C=O) groups excluding carboxylic acids is 1. The van der Waals surface area contributed by atoms with Crippen LogP contribution in [0.15, 0.2) is 38.4 Å². The molecular formula is C22H27N7O5. The van der Waals surface area contributed by atoms with Crippen LogP contribution in [0.1, 0.15) is 29.6 Å². The number of hydrogen-bond acceptors (Lipinski definition) is 9. The van der Waals surface area contributed by atoms with Gasteiger partial charge in [0.25, 0.3) is 5.56 Å². The van der Waals surface area contributed by atoms with Crippen LogP contribution in [-0.4, -0.2) is 74.2 Å². The van der Waals surface area contributed by atoms with Gasteiger partial charge in [0.05, 0.1) is 18.9 Å². The minimum atomic E-state index is -0.695. The standard InChI is InChI=1S/C22H27N7O5/c1-4-15(13-28-9-11-33-12-10-28)23-19(30)20-24-18(26-34-20)17-21(31)27(3)22(32)29(25-17)16-7-5-14(2)6-8-16/h5-8,15H,4,9-13H2,1-3H3,(H,23,30)/t15-/m1/s1. The van der Waals surface area contributed by atoms with Gasteiger partial charge in [-0.3, -0.25) is 19.1 Å². The molecule has 1 amide bonds. The molecule has 1 atom stereocenters. The molecule has 4 rings (SSSR count). The van der Waals surface area contributed by atoms with E-state index in [1.807, 2.05) is 26.0 Å². The summed E-state index contributed by atoms with van der Waals surface area (Å²) in [6.45, 7) is 7.53. The summed E-state index contributed by atoms with van der Waals surface area (Å²) in [7, 11) is 1.34. The molecule has 0 bridgehead atoms. The lowest BCUT2D eigenvalue weighted by atomic mass is 10.2. The van der Waals surface area contributed by atoms with Crippen molar-refractivity contribution >= 4 is 5.91 Å². The van der Waals surface area contributed by atoms with Crippen molar-refractivity contribution in [1.29, 1.82) is 0 Å². The van der Waals surface area contributed by atoms with Crippen LogP contribution in [0.3, 0.4) is 0 Å². The number of hydrogen-bond donors (Lipinski definition) is 1. The predicted molar refractivity (Wildman–Crippen MR) is 122 cm³/mol. The summed E-state index contributed by atoms with van der Waals surface area (Å²) in [5.41, 5.74) is -0.0313. The highest BCUT2D eigenvalue weighted by molar-refractivity contribution is 5.90. The van der Waals surface area contributed by atoms with E-state index in [2.05, 4.69) is 25.5 Å². The molecule has 0 spiro atoms. The normalized spacial score (nSPS) is 15.3. The summed E-state index contributed by atoms with van der Waals surface area (Å²) in [6.07, 6.45) is 0.716. The van der Waals surface area contributed by atoms with Crippen LogP contribution in [0, 0.1) is 6.92 Å². The third kappa shape index (κ3) is 4.97. The van der Waals surface area contributed by atoms with Crippen molar-refractivity contribution in [2.75, 3.05) is 32.8 Å². The molecule has 3 aromatic rings. The average Bonchev–Trinajstić information content (AvgIpc) is 3.34. The van der Waals surface area contributed by atoms with E-state index in [1.54, 1.807) is 12.1 Å². The van der Waals surface area contributed by atoms with Gasteiger partial charge in [-0.15, -0.1) is 0 Å². The second-order valence-electron chi connectivity index (χ2n) is 8.16. The fourth-order valence-electron chi connectivity index (χ4n) is 3.60. The number of nitrogens with zero attached hydrogens (tertiary/aromatic N) is 6. The van der Waals surface area contributed by atoms with Crippen LogP contribution in [-0.2, 0) is 11.8 Å². The first-order valence-corrected chi connectivity index (χ1v) is 11.1. The Morgan fingerprint density at radius 2 is 1.88 bits per heavy atom. The highest BCUT2D eigenvalue weighted by Gasteiger charge is 2.24. The molecule has 12 heteroatoms. The van der Waals surface area contributed by atoms with Gasteiger partial charge in [0.2, 0.25) is 5.82 Å². The fraction of sp³-hybridized carbons (Fsp3) is 0.455. The first-order chi connectivity index (χ1) is 16.4. The summed E-state index contributed by atoms with van der Waals surface area (Å²) in [6, 6.07) is 6.97. The molecule has 1 aliphatic heterocycles. The maximum atomic E-state index is 12.7. The molecule has 3 heterocycles. The van der Waals surface area contributed by atoms with E-state index in [4.69, 9.17) is 9.26 Å². The first kappa shape index (κ1) is 23.5. The number of aromatic nitrogens is 5. The Hall–Kier alpha value is -3.64. The van der Waals surface area contributed by atoms with Crippen molar-refractivity contribution in [2.45, 2.75) is 26.3 Å². The molecule has 0 unspecified atom stereocenters. The Balaban J connectivity index is 1.57. The van der Waals surface area contributed by atoms with Gasteiger partial charge >= 0.3 is 17.5 Å². The van der Waals surface area contributed by atoms with E-state index in [1.165, 1.54) is 7.05 Å². The number of benzene rings is 1. The van der Waals surface area contributed by atoms with Crippen molar-refractivity contribution in [3.63, 3.8) is 0 Å². The Labute approximate surface area is 195 Å². The third-order valence-corrected chi connectivity index (χ3v) is 5.70. The van der Waals surface area contributed by atoms with Crippen LogP contribution in [0.4, 0.5) is 0 Å². The molecule has 12 nitrogen and oxygen atoms in total. The van der Waals surface area contributed by atoms with E-state index < -0.39 is 17.2 Å². The number of nitrogens with one attached hydrogen (secondary N) is 1. The van der Waals surface area contributed by atoms with Gasteiger partial charge in [0.15, 0.2) is 5.69 Å². The second kappa shape index (κ2) is 10.1. The molecule has 1 saturated heterocycles. The van der Waals surface area contributed by atoms with Crippen LogP contribution < -0.4 is 16.6 Å². The van der Waals surface area contributed by atoms with Crippen molar-refractivity contribution in [1.82, 2.24) is 34.7 Å². The van der Waals surface area contributed by atoms with Crippen molar-refractivity contribution in [3.8, 4) is 17.2 Å². The van der Waals surface area contributed by atoms with E-state index >= 15 is 0 Å². The number of amides is 1. The van der Waals surface area contributed by atoms with Crippen LogP contribution in [0.25, 0.3) is 17.2 Å². The van der Waals surface area contributed by atoms with E-state index in [9.17, 15) is 14.4 Å². The van der Waals surface area contributed by atoms with Gasteiger partial charge in [-0.2, -0.15) is 14.8 Å². The van der Waals surface area contributed by atoms with Crippen LogP contribution in [0.2, 0.25) is 0 Å². The molecule has 0 saturated carbocycles. The lowest BCUT2D eigenvalue weighted by molar-refractivity contribution is 0.0330. The van der Waals surface area contributed by atoms with Gasteiger partial charge < -0.3 is 14.6 Å². The van der Waals surface area contributed by atoms with Crippen LogP contribution >= 0.6 is 0 Å². The smallest absolute Gasteiger partial charge is 0.351 e. The van der Waals surface area contributed by atoms with E-state index in [-0.39, 0.29) is 23.5 Å². The van der Waals surface area contributed by atoms with Gasteiger partial charge in [-0.25, -0.2) is 4.79 Å². The molecule has 1 fully saturated rings. The molecule has 34 heavy (non-hydrogen) atoms. The monoisotopic (exact) mass is 469 g/mol. The largest absolute Gasteiger partial charge is 0.379 e. The zero-order valence-corrected chi connectivity index (χ0v) is 19.4. The lowest BCUT2D eigenvalue weighted by Crippen LogP contribution is -2.47. The minimum absolute atomic E-state index is 0.115. The second-order valence-corrected chi connectivity index (χ2v) is 8.16. The lowest BCUT2D eigenvalue weighted by Gasteiger charge is -2.30. The van der Waals surface area contributed by atoms with Gasteiger partial charge in [-0.05, 0) is 25.5 Å². The summed E-state index contributed by atoms with van der Waals surface area (Å²) < 4.78 is 12.5. The molecule has 1 aliphatic rings. The quantitative estimate of drug-likeness (QED) is 0.512. The van der Waals surface area contributed by atoms with Crippen molar-refractivity contribution in [3.05, 3.63) is 56.6 Å². The number of rotatable bonds is 7. The minimum Gasteiger partial charge on any atom is -0.379 e. The summed E-state index contributed by atoms with van der Waals surface area (Å²) in [5.74, 6) is -0.997. The zero-order chi connectivity index (χ0) is 24.2. The average molecular weight is 470 g/mol. The summed E-state index contributed by atoms with van der Waals surface area (Å²) in [5, 5.41) is 10.8. The Morgan fingerprint density at radius 1 is 1.18 bits per heavy atom. The molecule has 1 aromatic carbocycles. The van der Waals surface area contributed by atoms with Crippen LogP contribution in [0.5, 0.6) is 0 Å². The number of morpholine rings is 1. The van der Waals surface area contributed by atoms with Gasteiger partial charge in [0.1, 0.15) is 0 Å². The number of ether oxygens (including phenoxy) is 1. The zero-order valence-electron chi connectivity index (χ0n) is 19.4. The Bertz CT molecular complexity index is 1270. The number of aryl methyl sites for hydroxylation is 1. The molecular weight excluding hydrogens is 442 g/mol. The molecule has 0 radical (unpaired) electrons. The topological polar surface area (TPSA) is 137 Å². The van der Waals surface area contributed by atoms with E-state index in [0.29, 0.717) is 31.9 Å². The Kier molecular flexibility index (Phi) is 6.98. The third-order valence-electron chi connectivity index (χ3n) is 5.70. The highest BCUT2D eigenvalue weighted by Crippen LogP contribution is 2.11.